The van der Waals surface area contributed by atoms with Crippen LogP contribution in [0.4, 0.5) is 4.79 Å². The van der Waals surface area contributed by atoms with Crippen molar-refractivity contribution in [2.24, 2.45) is 0 Å². The van der Waals surface area contributed by atoms with Gasteiger partial charge in [0.2, 0.25) is 5.91 Å². The molecule has 2 amide bonds. The molecule has 0 unspecified atom stereocenters. The van der Waals surface area contributed by atoms with Crippen molar-refractivity contribution < 1.29 is 24.2 Å². The number of carboxylic acid groups (broad SMARTS) is 1. The molecule has 0 aliphatic carbocycles. The maximum Gasteiger partial charge on any atom is 0.408 e. The molecule has 0 saturated heterocycles. The lowest BCUT2D eigenvalue weighted by atomic mass is 10.2. The number of carboxylic acids is 1. The highest BCUT2D eigenvalue weighted by Crippen LogP contribution is 2.09. The first-order valence-corrected chi connectivity index (χ1v) is 6.96. The third-order valence-electron chi connectivity index (χ3n) is 2.00. The molecule has 116 valence electrons. The van der Waals surface area contributed by atoms with E-state index in [4.69, 9.17) is 9.84 Å². The van der Waals surface area contributed by atoms with Crippen LogP contribution in [-0.2, 0) is 16.1 Å². The van der Waals surface area contributed by atoms with Crippen molar-refractivity contribution >= 4 is 29.3 Å². The van der Waals surface area contributed by atoms with E-state index in [1.165, 1.54) is 5.38 Å². The summed E-state index contributed by atoms with van der Waals surface area (Å²) in [6.07, 6.45) is -0.680. The van der Waals surface area contributed by atoms with Crippen molar-refractivity contribution in [3.8, 4) is 0 Å². The van der Waals surface area contributed by atoms with Gasteiger partial charge < -0.3 is 20.5 Å². The second-order valence-electron chi connectivity index (χ2n) is 5.06. The number of aromatic carboxylic acids is 1. The van der Waals surface area contributed by atoms with Gasteiger partial charge in [-0.3, -0.25) is 4.79 Å². The van der Waals surface area contributed by atoms with E-state index in [1.54, 1.807) is 20.8 Å². The van der Waals surface area contributed by atoms with Crippen LogP contribution in [0.3, 0.4) is 0 Å². The summed E-state index contributed by atoms with van der Waals surface area (Å²) >= 11 is 1.13. The van der Waals surface area contributed by atoms with Crippen LogP contribution in [0.2, 0.25) is 0 Å². The largest absolute Gasteiger partial charge is 0.476 e. The quantitative estimate of drug-likeness (QED) is 0.745. The van der Waals surface area contributed by atoms with Gasteiger partial charge in [0.05, 0.1) is 6.54 Å². The van der Waals surface area contributed by atoms with Crippen molar-refractivity contribution in [1.82, 2.24) is 15.6 Å². The van der Waals surface area contributed by atoms with Crippen LogP contribution < -0.4 is 10.6 Å². The minimum atomic E-state index is -1.12. The van der Waals surface area contributed by atoms with E-state index in [0.717, 1.165) is 11.3 Å². The fourth-order valence-corrected chi connectivity index (χ4v) is 1.90. The predicted octanol–water partition coefficient (Wildman–Crippen LogP) is 0.982. The fourth-order valence-electron chi connectivity index (χ4n) is 1.19. The van der Waals surface area contributed by atoms with Crippen LogP contribution in [0, 0.1) is 0 Å². The second kappa shape index (κ2) is 7.02. The van der Waals surface area contributed by atoms with Gasteiger partial charge in [-0.25, -0.2) is 14.6 Å². The van der Waals surface area contributed by atoms with Gasteiger partial charge in [0.1, 0.15) is 17.2 Å². The van der Waals surface area contributed by atoms with Crippen molar-refractivity contribution in [2.45, 2.75) is 32.9 Å². The van der Waals surface area contributed by atoms with Crippen molar-refractivity contribution in [3.63, 3.8) is 0 Å². The van der Waals surface area contributed by atoms with E-state index >= 15 is 0 Å². The predicted molar refractivity (Wildman–Crippen MR) is 75.2 cm³/mol. The van der Waals surface area contributed by atoms with Crippen LogP contribution in [0.5, 0.6) is 0 Å². The Labute approximate surface area is 125 Å². The third-order valence-corrected chi connectivity index (χ3v) is 2.85. The first-order valence-electron chi connectivity index (χ1n) is 6.08. The van der Waals surface area contributed by atoms with Crippen LogP contribution in [0.1, 0.15) is 36.3 Å². The second-order valence-corrected chi connectivity index (χ2v) is 6.01. The van der Waals surface area contributed by atoms with E-state index < -0.39 is 23.6 Å². The smallest absolute Gasteiger partial charge is 0.408 e. The normalized spacial score (nSPS) is 10.8. The molecule has 3 N–H and O–H groups in total. The summed E-state index contributed by atoms with van der Waals surface area (Å²) in [5.41, 5.74) is -0.689. The molecule has 1 aromatic heterocycles. The monoisotopic (exact) mass is 315 g/mol. The van der Waals surface area contributed by atoms with Crippen molar-refractivity contribution in [3.05, 3.63) is 16.1 Å². The van der Waals surface area contributed by atoms with Gasteiger partial charge in [0.25, 0.3) is 0 Å². The molecule has 0 bridgehead atoms. The Balaban J connectivity index is 2.31. The summed E-state index contributed by atoms with van der Waals surface area (Å²) in [5, 5.41) is 15.4. The van der Waals surface area contributed by atoms with E-state index in [2.05, 4.69) is 15.6 Å². The molecular weight excluding hydrogens is 298 g/mol. The Bertz CT molecular complexity index is 535. The first-order chi connectivity index (χ1) is 9.67. The zero-order valence-corrected chi connectivity index (χ0v) is 12.7. The molecule has 1 rings (SSSR count). The number of ether oxygens (including phenoxy) is 1. The average Bonchev–Trinajstić information content (AvgIpc) is 2.80. The average molecular weight is 315 g/mol. The van der Waals surface area contributed by atoms with Gasteiger partial charge in [-0.2, -0.15) is 0 Å². The zero-order chi connectivity index (χ0) is 16.0. The minimum Gasteiger partial charge on any atom is -0.476 e. The molecule has 0 spiro atoms. The van der Waals surface area contributed by atoms with Gasteiger partial charge in [-0.05, 0) is 20.8 Å². The molecule has 1 aromatic rings. The van der Waals surface area contributed by atoms with E-state index in [1.807, 2.05) is 0 Å². The van der Waals surface area contributed by atoms with Crippen molar-refractivity contribution in [1.29, 1.82) is 0 Å². The van der Waals surface area contributed by atoms with E-state index in [9.17, 15) is 14.4 Å². The molecule has 21 heavy (non-hydrogen) atoms. The van der Waals surface area contributed by atoms with Gasteiger partial charge in [-0.15, -0.1) is 11.3 Å². The maximum absolute atomic E-state index is 11.5. The topological polar surface area (TPSA) is 118 Å². The Morgan fingerprint density at radius 2 is 2.00 bits per heavy atom. The third kappa shape index (κ3) is 6.70. The number of nitrogens with one attached hydrogen (secondary N) is 2. The van der Waals surface area contributed by atoms with E-state index in [-0.39, 0.29) is 18.8 Å². The molecular formula is C12H17N3O5S. The Hall–Kier alpha value is -2.16. The Morgan fingerprint density at radius 1 is 1.33 bits per heavy atom. The molecule has 1 heterocycles. The zero-order valence-electron chi connectivity index (χ0n) is 11.9. The number of amides is 2. The number of aromatic nitrogens is 1. The highest BCUT2D eigenvalue weighted by molar-refractivity contribution is 7.09. The Kier molecular flexibility index (Phi) is 5.65. The number of carbonyl (C=O) groups excluding carboxylic acids is 2. The van der Waals surface area contributed by atoms with E-state index in [0.29, 0.717) is 5.01 Å². The van der Waals surface area contributed by atoms with Crippen LogP contribution in [0.25, 0.3) is 0 Å². The molecule has 0 fully saturated rings. The summed E-state index contributed by atoms with van der Waals surface area (Å²) < 4.78 is 4.97. The molecule has 0 atom stereocenters. The van der Waals surface area contributed by atoms with Gasteiger partial charge in [0.15, 0.2) is 5.69 Å². The van der Waals surface area contributed by atoms with Crippen molar-refractivity contribution in [2.75, 3.05) is 6.54 Å². The minimum absolute atomic E-state index is 0.0591. The number of hydrogen-bond donors (Lipinski definition) is 3. The highest BCUT2D eigenvalue weighted by Gasteiger charge is 2.16. The highest BCUT2D eigenvalue weighted by atomic mass is 32.1. The van der Waals surface area contributed by atoms with Gasteiger partial charge >= 0.3 is 12.1 Å². The number of hydrogen-bond acceptors (Lipinski definition) is 6. The summed E-state index contributed by atoms with van der Waals surface area (Å²) in [4.78, 5) is 37.3. The molecule has 8 nitrogen and oxygen atoms in total. The summed E-state index contributed by atoms with van der Waals surface area (Å²) in [7, 11) is 0. The van der Waals surface area contributed by atoms with Crippen LogP contribution in [0.15, 0.2) is 5.38 Å². The van der Waals surface area contributed by atoms with Gasteiger partial charge in [0, 0.05) is 5.38 Å². The van der Waals surface area contributed by atoms with Gasteiger partial charge in [-0.1, -0.05) is 0 Å². The molecule has 0 radical (unpaired) electrons. The lowest BCUT2D eigenvalue weighted by Gasteiger charge is -2.19. The lowest BCUT2D eigenvalue weighted by molar-refractivity contribution is -0.120. The summed E-state index contributed by atoms with van der Waals surface area (Å²) in [6.45, 7) is 5.03. The molecule has 0 aromatic carbocycles. The summed E-state index contributed by atoms with van der Waals surface area (Å²) in [5.74, 6) is -1.54. The van der Waals surface area contributed by atoms with Crippen LogP contribution in [-0.4, -0.2) is 40.2 Å². The molecule has 0 saturated carbocycles. The SMILES string of the molecule is CC(C)(C)OC(=O)NCC(=O)NCc1nc(C(=O)O)cs1. The standard InChI is InChI=1S/C12H17N3O5S/c1-12(2,3)20-11(19)14-4-8(16)13-5-9-15-7(6-21-9)10(17)18/h6H,4-5H2,1-3H3,(H,13,16)(H,14,19)(H,17,18). The number of carbonyl (C=O) groups is 3. The Morgan fingerprint density at radius 3 is 2.52 bits per heavy atom. The number of thiazole rings is 1. The maximum atomic E-state index is 11.5. The fraction of sp³-hybridized carbons (Fsp3) is 0.500. The number of nitrogens with zero attached hydrogens (tertiary/aromatic N) is 1. The lowest BCUT2D eigenvalue weighted by Crippen LogP contribution is -2.39. The first kappa shape index (κ1) is 16.9. The number of rotatable bonds is 5. The molecule has 9 heteroatoms. The molecule has 0 aliphatic heterocycles. The molecule has 0 aliphatic rings. The number of alkyl carbamates (subject to hydrolysis) is 1. The summed E-state index contributed by atoms with van der Waals surface area (Å²) in [6, 6.07) is 0. The van der Waals surface area contributed by atoms with Crippen LogP contribution >= 0.6 is 11.3 Å².